The lowest BCUT2D eigenvalue weighted by atomic mass is 10.1. The van der Waals surface area contributed by atoms with Crippen molar-refractivity contribution in [3.8, 4) is 0 Å². The summed E-state index contributed by atoms with van der Waals surface area (Å²) in [6.07, 6.45) is 12.8. The maximum Gasteiger partial charge on any atom is 0.245 e. The quantitative estimate of drug-likeness (QED) is 0.262. The highest BCUT2D eigenvalue weighted by molar-refractivity contribution is 5.87. The van der Waals surface area contributed by atoms with Gasteiger partial charge in [-0.2, -0.15) is 0 Å². The van der Waals surface area contributed by atoms with E-state index in [1.54, 1.807) is 25.6 Å². The summed E-state index contributed by atoms with van der Waals surface area (Å²) in [5.41, 5.74) is 5.83. The molecule has 2 aliphatic rings. The Morgan fingerprint density at radius 1 is 1.52 bits per heavy atom. The number of ether oxygens (including phenoxy) is 2. The molecule has 0 bridgehead atoms. The number of nitrogens with zero attached hydrogens (tertiary/aromatic N) is 2. The van der Waals surface area contributed by atoms with E-state index in [2.05, 4.69) is 17.2 Å². The standard InChI is InChI=1S/C20H34N4O3.2H2/c1-4-6-7-10-15(22-12-13-23-17(26-3)9-5-2)20(25)24-14-8-11-16(24)18-19(21)27-18;;/h5,9,12-13,15-16,18-19,22H,4,6-8,10-11,14,21H2,1-3H3;2*1H/b9-5-,13-12+,23-17-;;/t15-,16-,18?,19?;;/m0../s1. The van der Waals surface area contributed by atoms with Crippen LogP contribution in [0.3, 0.4) is 0 Å². The molecule has 27 heavy (non-hydrogen) atoms. The number of likely N-dealkylation sites (tertiary alicyclic amines) is 1. The Bertz CT molecular complexity index is 572. The summed E-state index contributed by atoms with van der Waals surface area (Å²) in [6, 6.07) is -0.147. The molecule has 0 aliphatic carbocycles. The molecule has 7 nitrogen and oxygen atoms in total. The molecule has 2 fully saturated rings. The van der Waals surface area contributed by atoms with E-state index in [1.165, 1.54) is 0 Å². The Morgan fingerprint density at radius 3 is 2.93 bits per heavy atom. The Balaban J connectivity index is 0.00000392. The number of carbonyl (C=O) groups excluding carboxylic acids is 1. The van der Waals surface area contributed by atoms with Crippen molar-refractivity contribution in [3.63, 3.8) is 0 Å². The van der Waals surface area contributed by atoms with Crippen LogP contribution in [0, 0.1) is 0 Å². The Labute approximate surface area is 165 Å². The average Bonchev–Trinajstić information content (AvgIpc) is 3.19. The molecule has 0 saturated carbocycles. The van der Waals surface area contributed by atoms with Gasteiger partial charge in [0, 0.05) is 21.8 Å². The summed E-state index contributed by atoms with van der Waals surface area (Å²) in [6.45, 7) is 4.84. The highest BCUT2D eigenvalue weighted by atomic mass is 16.6. The molecule has 0 spiro atoms. The number of rotatable bonds is 10. The first-order chi connectivity index (χ1) is 13.1. The normalized spacial score (nSPS) is 26.7. The zero-order valence-corrected chi connectivity index (χ0v) is 16.8. The molecule has 1 amide bonds. The van der Waals surface area contributed by atoms with Crippen LogP contribution in [0.2, 0.25) is 0 Å². The van der Waals surface area contributed by atoms with E-state index in [0.717, 1.165) is 45.1 Å². The molecule has 0 aromatic rings. The minimum Gasteiger partial charge on any atom is -0.481 e. The van der Waals surface area contributed by atoms with Crippen LogP contribution in [0.4, 0.5) is 0 Å². The lowest BCUT2D eigenvalue weighted by molar-refractivity contribution is -0.134. The van der Waals surface area contributed by atoms with E-state index in [9.17, 15) is 4.79 Å². The van der Waals surface area contributed by atoms with Crippen molar-refractivity contribution >= 4 is 11.8 Å². The zero-order valence-electron chi connectivity index (χ0n) is 16.8. The van der Waals surface area contributed by atoms with Crippen LogP contribution >= 0.6 is 0 Å². The van der Waals surface area contributed by atoms with Gasteiger partial charge in [-0.05, 0) is 32.3 Å². The van der Waals surface area contributed by atoms with Gasteiger partial charge in [-0.1, -0.05) is 32.3 Å². The smallest absolute Gasteiger partial charge is 0.245 e. The Morgan fingerprint density at radius 2 is 2.30 bits per heavy atom. The van der Waals surface area contributed by atoms with Gasteiger partial charge in [-0.25, -0.2) is 4.99 Å². The van der Waals surface area contributed by atoms with Gasteiger partial charge in [0.25, 0.3) is 0 Å². The Hall–Kier alpha value is -1.86. The number of allylic oxidation sites excluding steroid dienone is 1. The highest BCUT2D eigenvalue weighted by Crippen LogP contribution is 2.32. The molecular weight excluding hydrogens is 344 g/mol. The van der Waals surface area contributed by atoms with Crippen molar-refractivity contribution < 1.29 is 17.1 Å². The number of unbranched alkanes of at least 4 members (excludes halogenated alkanes) is 2. The molecule has 2 aliphatic heterocycles. The number of hydrogen-bond donors (Lipinski definition) is 2. The average molecular weight is 383 g/mol. The van der Waals surface area contributed by atoms with Gasteiger partial charge in [0.1, 0.15) is 18.4 Å². The number of aliphatic imine (C=N–C) groups is 1. The highest BCUT2D eigenvalue weighted by Gasteiger charge is 2.48. The summed E-state index contributed by atoms with van der Waals surface area (Å²) in [7, 11) is 1.58. The summed E-state index contributed by atoms with van der Waals surface area (Å²) in [4.78, 5) is 19.3. The monoisotopic (exact) mass is 382 g/mol. The number of amides is 1. The van der Waals surface area contributed by atoms with Gasteiger partial charge in [0.05, 0.1) is 13.2 Å². The van der Waals surface area contributed by atoms with Crippen LogP contribution < -0.4 is 11.1 Å². The van der Waals surface area contributed by atoms with E-state index in [-0.39, 0.29) is 33.2 Å². The summed E-state index contributed by atoms with van der Waals surface area (Å²) in [5, 5.41) is 3.24. The fraction of sp³-hybridized carbons (Fsp3) is 0.700. The molecule has 156 valence electrons. The first kappa shape index (κ1) is 21.4. The number of hydrogen-bond acceptors (Lipinski definition) is 6. The first-order valence-corrected chi connectivity index (χ1v) is 9.99. The predicted molar refractivity (Wildman–Crippen MR) is 111 cm³/mol. The van der Waals surface area contributed by atoms with Crippen molar-refractivity contribution in [3.05, 3.63) is 24.6 Å². The molecule has 2 heterocycles. The molecule has 0 aromatic carbocycles. The van der Waals surface area contributed by atoms with E-state index in [1.807, 2.05) is 17.9 Å². The lowest BCUT2D eigenvalue weighted by Crippen LogP contribution is -2.49. The molecule has 4 atom stereocenters. The van der Waals surface area contributed by atoms with Crippen LogP contribution in [0.5, 0.6) is 0 Å². The van der Waals surface area contributed by atoms with Crippen LogP contribution in [-0.4, -0.2) is 54.8 Å². The van der Waals surface area contributed by atoms with Crippen molar-refractivity contribution in [2.75, 3.05) is 13.7 Å². The lowest BCUT2D eigenvalue weighted by Gasteiger charge is -2.28. The molecule has 0 aromatic heterocycles. The molecule has 3 N–H and O–H groups in total. The fourth-order valence-electron chi connectivity index (χ4n) is 3.51. The first-order valence-electron chi connectivity index (χ1n) is 9.99. The van der Waals surface area contributed by atoms with Crippen LogP contribution in [-0.2, 0) is 14.3 Å². The number of epoxide rings is 1. The largest absolute Gasteiger partial charge is 0.481 e. The molecular formula is C20H38N4O3. The number of nitrogens with one attached hydrogen (secondary N) is 1. The maximum absolute atomic E-state index is 13.1. The molecule has 2 rings (SSSR count). The van der Waals surface area contributed by atoms with E-state index < -0.39 is 0 Å². The van der Waals surface area contributed by atoms with Crippen LogP contribution in [0.15, 0.2) is 29.5 Å². The minimum absolute atomic E-state index is 0. The van der Waals surface area contributed by atoms with Crippen molar-refractivity contribution in [1.82, 2.24) is 10.2 Å². The molecule has 2 unspecified atom stereocenters. The Kier molecular flexibility index (Phi) is 8.81. The van der Waals surface area contributed by atoms with Crippen molar-refractivity contribution in [2.24, 2.45) is 10.7 Å². The third-order valence-electron chi connectivity index (χ3n) is 5.01. The second kappa shape index (κ2) is 11.1. The zero-order chi connectivity index (χ0) is 19.6. The third kappa shape index (κ3) is 6.36. The van der Waals surface area contributed by atoms with Gasteiger partial charge >= 0.3 is 0 Å². The topological polar surface area (TPSA) is 92.5 Å². The molecule has 7 heteroatoms. The van der Waals surface area contributed by atoms with Crippen LogP contribution in [0.1, 0.15) is 55.2 Å². The van der Waals surface area contributed by atoms with Crippen LogP contribution in [0.25, 0.3) is 0 Å². The SMILES string of the molecule is C\C=C/C(=N/C=C/N[C@@H](CCCCC)C(=O)N1CCC[C@H]1C1OC1N)OC.[HH].[HH]. The third-order valence-corrected chi connectivity index (χ3v) is 5.01. The predicted octanol–water partition coefficient (Wildman–Crippen LogP) is 2.78. The van der Waals surface area contributed by atoms with Gasteiger partial charge in [-0.3, -0.25) is 4.79 Å². The maximum atomic E-state index is 13.1. The van der Waals surface area contributed by atoms with Crippen molar-refractivity contribution in [1.29, 1.82) is 0 Å². The van der Waals surface area contributed by atoms with Crippen molar-refractivity contribution in [2.45, 2.75) is 76.8 Å². The van der Waals surface area contributed by atoms with E-state index >= 15 is 0 Å². The molecule has 2 saturated heterocycles. The number of methoxy groups -OCH3 is 1. The van der Waals surface area contributed by atoms with E-state index in [0.29, 0.717) is 5.90 Å². The van der Waals surface area contributed by atoms with Gasteiger partial charge in [-0.15, -0.1) is 0 Å². The van der Waals surface area contributed by atoms with Gasteiger partial charge < -0.3 is 25.4 Å². The van der Waals surface area contributed by atoms with E-state index in [4.69, 9.17) is 15.2 Å². The number of carbonyl (C=O) groups is 1. The fourth-order valence-corrected chi connectivity index (χ4v) is 3.51. The minimum atomic E-state index is -0.258. The summed E-state index contributed by atoms with van der Waals surface area (Å²) in [5.74, 6) is 0.647. The number of nitrogens with two attached hydrogens (primary N) is 1. The summed E-state index contributed by atoms with van der Waals surface area (Å²) < 4.78 is 10.6. The summed E-state index contributed by atoms with van der Waals surface area (Å²) >= 11 is 0. The van der Waals surface area contributed by atoms with Gasteiger partial charge in [0.2, 0.25) is 11.8 Å². The van der Waals surface area contributed by atoms with Gasteiger partial charge in [0.15, 0.2) is 0 Å². The second-order valence-corrected chi connectivity index (χ2v) is 7.01. The molecule has 0 radical (unpaired) electrons. The second-order valence-electron chi connectivity index (χ2n) is 7.01.